The average molecular weight is 630 g/mol. The molecule has 1 saturated carbocycles. The highest BCUT2D eigenvalue weighted by Crippen LogP contribution is 2.46. The SMILES string of the molecule is C[C@]1(C(=O)O)CCCC[C@H]1C(=O)N1CCc2c(Cl)ccc(OCc3nnn(C(F)F)c3C(F)F)c2[C@H]1CN1CCCC1=O. The topological polar surface area (TPSA) is 118 Å². The molecule has 43 heavy (non-hydrogen) atoms. The number of carboxylic acid groups (broad SMARTS) is 1. The standard InChI is InChI=1S/C28H32ClF4N5O5/c1-28(26(41)42)10-3-2-5-16(28)25(40)37-12-9-15-17(29)7-8-20(22(15)19(37)13-36-11-4-6-21(36)39)43-14-18-23(24(30)31)38(27(32)33)35-34-18/h7-8,16,19,24,27H,2-6,9-14H2,1H3,(H,41,42)/t16-,19+,28-/m0/s1. The zero-order chi connectivity index (χ0) is 31.1. The molecule has 3 atom stereocenters. The van der Waals surface area contributed by atoms with Crippen molar-refractivity contribution in [2.24, 2.45) is 11.3 Å². The molecule has 2 aliphatic heterocycles. The van der Waals surface area contributed by atoms with Gasteiger partial charge in [0, 0.05) is 36.6 Å². The van der Waals surface area contributed by atoms with Crippen molar-refractivity contribution >= 4 is 29.4 Å². The van der Waals surface area contributed by atoms with Crippen molar-refractivity contribution in [3.8, 4) is 5.75 Å². The number of halogens is 5. The van der Waals surface area contributed by atoms with Gasteiger partial charge in [-0.2, -0.15) is 13.5 Å². The van der Waals surface area contributed by atoms with E-state index >= 15 is 0 Å². The largest absolute Gasteiger partial charge is 0.487 e. The van der Waals surface area contributed by atoms with Crippen molar-refractivity contribution in [2.45, 2.75) is 77.5 Å². The highest BCUT2D eigenvalue weighted by atomic mass is 35.5. The van der Waals surface area contributed by atoms with Crippen molar-refractivity contribution in [1.82, 2.24) is 24.8 Å². The molecule has 10 nitrogen and oxygen atoms in total. The fraction of sp³-hybridized carbons (Fsp3) is 0.607. The number of aliphatic carboxylic acids is 1. The number of hydrogen-bond donors (Lipinski definition) is 1. The van der Waals surface area contributed by atoms with E-state index in [2.05, 4.69) is 10.3 Å². The third kappa shape index (κ3) is 5.77. The minimum absolute atomic E-state index is 0.0919. The summed E-state index contributed by atoms with van der Waals surface area (Å²) in [6.45, 7) is -1.59. The van der Waals surface area contributed by atoms with E-state index in [0.29, 0.717) is 67.6 Å². The first-order valence-corrected chi connectivity index (χ1v) is 14.6. The third-order valence-corrected chi connectivity index (χ3v) is 9.33. The maximum absolute atomic E-state index is 14.2. The fourth-order valence-corrected chi connectivity index (χ4v) is 6.86. The monoisotopic (exact) mass is 629 g/mol. The van der Waals surface area contributed by atoms with Crippen LogP contribution in [0.3, 0.4) is 0 Å². The van der Waals surface area contributed by atoms with E-state index in [1.807, 2.05) is 0 Å². The van der Waals surface area contributed by atoms with Crippen molar-refractivity contribution in [3.63, 3.8) is 0 Å². The number of alkyl halides is 4. The number of ether oxygens (including phenoxy) is 1. The van der Waals surface area contributed by atoms with Crippen LogP contribution in [0.25, 0.3) is 0 Å². The lowest BCUT2D eigenvalue weighted by Gasteiger charge is -2.45. The molecule has 15 heteroatoms. The van der Waals surface area contributed by atoms with Crippen LogP contribution in [0.5, 0.6) is 5.75 Å². The molecule has 2 fully saturated rings. The van der Waals surface area contributed by atoms with Crippen LogP contribution in [0.2, 0.25) is 5.02 Å². The molecule has 5 rings (SSSR count). The van der Waals surface area contributed by atoms with Crippen molar-refractivity contribution in [2.75, 3.05) is 19.6 Å². The van der Waals surface area contributed by atoms with Crippen LogP contribution in [0.1, 0.15) is 87.0 Å². The van der Waals surface area contributed by atoms with Crippen molar-refractivity contribution in [3.05, 3.63) is 39.7 Å². The molecule has 0 radical (unpaired) electrons. The third-order valence-electron chi connectivity index (χ3n) is 8.97. The first-order valence-electron chi connectivity index (χ1n) is 14.2. The van der Waals surface area contributed by atoms with E-state index in [-0.39, 0.29) is 35.3 Å². The van der Waals surface area contributed by atoms with Gasteiger partial charge in [-0.3, -0.25) is 14.4 Å². The second-order valence-corrected chi connectivity index (χ2v) is 11.8. The second kappa shape index (κ2) is 12.3. The molecule has 1 saturated heterocycles. The first kappa shape index (κ1) is 31.0. The number of likely N-dealkylation sites (tertiary alicyclic amines) is 1. The Morgan fingerprint density at radius 2 is 1.93 bits per heavy atom. The zero-order valence-corrected chi connectivity index (χ0v) is 24.2. The van der Waals surface area contributed by atoms with Gasteiger partial charge in [-0.1, -0.05) is 29.7 Å². The Bertz CT molecular complexity index is 1410. The van der Waals surface area contributed by atoms with Crippen LogP contribution < -0.4 is 4.74 Å². The van der Waals surface area contributed by atoms with Gasteiger partial charge < -0.3 is 19.6 Å². The van der Waals surface area contributed by atoms with Crippen molar-refractivity contribution < 1.29 is 41.8 Å². The smallest absolute Gasteiger partial charge is 0.335 e. The fourth-order valence-electron chi connectivity index (χ4n) is 6.60. The summed E-state index contributed by atoms with van der Waals surface area (Å²) in [4.78, 5) is 42.5. The number of hydrogen-bond acceptors (Lipinski definition) is 6. The van der Waals surface area contributed by atoms with Crippen molar-refractivity contribution in [1.29, 1.82) is 0 Å². The van der Waals surface area contributed by atoms with Gasteiger partial charge in [0.2, 0.25) is 11.8 Å². The van der Waals surface area contributed by atoms with E-state index in [1.54, 1.807) is 22.8 Å². The predicted molar refractivity (Wildman–Crippen MR) is 144 cm³/mol. The number of fused-ring (bicyclic) bond motifs is 1. The Kier molecular flexibility index (Phi) is 8.87. The number of carbonyl (C=O) groups is 3. The van der Waals surface area contributed by atoms with E-state index in [9.17, 15) is 37.1 Å². The Morgan fingerprint density at radius 3 is 2.58 bits per heavy atom. The van der Waals surface area contributed by atoms with Gasteiger partial charge in [0.15, 0.2) is 0 Å². The molecular formula is C28H32ClF4N5O5. The molecule has 2 amide bonds. The van der Waals surface area contributed by atoms with Crippen LogP contribution in [0, 0.1) is 11.3 Å². The van der Waals surface area contributed by atoms with Gasteiger partial charge in [0.1, 0.15) is 23.7 Å². The van der Waals surface area contributed by atoms with E-state index < -0.39 is 54.3 Å². The molecule has 0 spiro atoms. The minimum atomic E-state index is -3.33. The van der Waals surface area contributed by atoms with Gasteiger partial charge in [-0.15, -0.1) is 5.10 Å². The number of rotatable bonds is 9. The Labute approximate surface area is 249 Å². The van der Waals surface area contributed by atoms with Crippen LogP contribution in [-0.2, 0) is 27.4 Å². The number of benzene rings is 1. The second-order valence-electron chi connectivity index (χ2n) is 11.4. The number of nitrogens with zero attached hydrogens (tertiary/aromatic N) is 5. The number of aromatic nitrogens is 3. The molecule has 2 aromatic rings. The molecule has 1 aliphatic carbocycles. The average Bonchev–Trinajstić information content (AvgIpc) is 3.59. The zero-order valence-electron chi connectivity index (χ0n) is 23.4. The summed E-state index contributed by atoms with van der Waals surface area (Å²) in [6.07, 6.45) is 0.129. The van der Waals surface area contributed by atoms with Gasteiger partial charge in [-0.05, 0) is 50.3 Å². The summed E-state index contributed by atoms with van der Waals surface area (Å²) >= 11 is 6.58. The lowest BCUT2D eigenvalue weighted by Crippen LogP contribution is -2.52. The summed E-state index contributed by atoms with van der Waals surface area (Å²) in [5.74, 6) is -2.13. The molecule has 3 heterocycles. The first-order chi connectivity index (χ1) is 20.4. The lowest BCUT2D eigenvalue weighted by molar-refractivity contribution is -0.162. The number of carbonyl (C=O) groups excluding carboxylic acids is 2. The Balaban J connectivity index is 1.53. The van der Waals surface area contributed by atoms with Gasteiger partial charge >= 0.3 is 12.5 Å². The lowest BCUT2D eigenvalue weighted by atomic mass is 9.66. The molecule has 1 aromatic heterocycles. The molecule has 0 unspecified atom stereocenters. The van der Waals surface area contributed by atoms with Gasteiger partial charge in [0.05, 0.1) is 17.4 Å². The van der Waals surface area contributed by atoms with Gasteiger partial charge in [-0.25, -0.2) is 8.78 Å². The van der Waals surface area contributed by atoms with Crippen LogP contribution in [0.4, 0.5) is 17.6 Å². The number of carboxylic acids is 1. The predicted octanol–water partition coefficient (Wildman–Crippen LogP) is 5.17. The molecular weight excluding hydrogens is 598 g/mol. The van der Waals surface area contributed by atoms with Crippen LogP contribution >= 0.6 is 11.6 Å². The summed E-state index contributed by atoms with van der Waals surface area (Å²) in [5.41, 5.74) is -1.72. The van der Waals surface area contributed by atoms with E-state index in [1.165, 1.54) is 6.07 Å². The summed E-state index contributed by atoms with van der Waals surface area (Å²) in [6, 6.07) is 2.27. The Hall–Kier alpha value is -3.42. The Morgan fingerprint density at radius 1 is 1.16 bits per heavy atom. The van der Waals surface area contributed by atoms with Crippen LogP contribution in [-0.4, -0.2) is 67.3 Å². The van der Waals surface area contributed by atoms with E-state index in [4.69, 9.17) is 16.3 Å². The number of amides is 2. The molecule has 1 N–H and O–H groups in total. The summed E-state index contributed by atoms with van der Waals surface area (Å²) < 4.78 is 59.6. The molecule has 1 aromatic carbocycles. The molecule has 234 valence electrons. The highest BCUT2D eigenvalue weighted by Gasteiger charge is 2.50. The normalized spacial score (nSPS) is 24.1. The van der Waals surface area contributed by atoms with Crippen LogP contribution in [0.15, 0.2) is 12.1 Å². The summed E-state index contributed by atoms with van der Waals surface area (Å²) in [7, 11) is 0. The molecule has 0 bridgehead atoms. The maximum Gasteiger partial charge on any atom is 0.335 e. The maximum atomic E-state index is 14.2. The van der Waals surface area contributed by atoms with Gasteiger partial charge in [0.25, 0.3) is 6.43 Å². The minimum Gasteiger partial charge on any atom is -0.487 e. The highest BCUT2D eigenvalue weighted by molar-refractivity contribution is 6.31. The summed E-state index contributed by atoms with van der Waals surface area (Å²) in [5, 5.41) is 17.1. The van der Waals surface area contributed by atoms with E-state index in [0.717, 1.165) is 0 Å². The quantitative estimate of drug-likeness (QED) is 0.380. The molecule has 3 aliphatic rings.